The van der Waals surface area contributed by atoms with E-state index in [4.69, 9.17) is 0 Å². The molecule has 12 atom stereocenters. The summed E-state index contributed by atoms with van der Waals surface area (Å²) in [4.78, 5) is 17.2. The summed E-state index contributed by atoms with van der Waals surface area (Å²) in [6.45, 7) is 2.84. The van der Waals surface area contributed by atoms with Gasteiger partial charge in [0.25, 0.3) is 0 Å². The number of aliphatic hydroxyl groups excluding tert-OH is 4. The van der Waals surface area contributed by atoms with Crippen LogP contribution in [0.1, 0.15) is 142 Å². The number of hydrogen-bond donors (Lipinski definition) is 4. The lowest BCUT2D eigenvalue weighted by molar-refractivity contribution is 0.0521. The van der Waals surface area contributed by atoms with Crippen LogP contribution in [0.2, 0.25) is 0 Å². The number of imidazole rings is 4. The number of hydrogen-bond acceptors (Lipinski definition) is 16. The quantitative estimate of drug-likeness (QED) is 0.128. The second-order valence-corrected chi connectivity index (χ2v) is 25.6. The minimum atomic E-state index is -0.720. The van der Waals surface area contributed by atoms with Crippen LogP contribution in [-0.2, 0) is 26.2 Å². The molecule has 0 bridgehead atoms. The van der Waals surface area contributed by atoms with Crippen LogP contribution in [0.15, 0.2) is 172 Å². The molecule has 0 unspecified atom stereocenters. The molecular formula is C72H60N20O4. The lowest BCUT2D eigenvalue weighted by Crippen LogP contribution is -2.31. The summed E-state index contributed by atoms with van der Waals surface area (Å²) in [5, 5.41) is 98.3. The molecule has 16 heterocycles. The van der Waals surface area contributed by atoms with Gasteiger partial charge in [0.05, 0.1) is 167 Å². The van der Waals surface area contributed by atoms with E-state index in [9.17, 15) is 41.5 Å². The second kappa shape index (κ2) is 23.1. The van der Waals surface area contributed by atoms with Crippen molar-refractivity contribution >= 4 is 0 Å². The fourth-order valence-electron chi connectivity index (χ4n) is 17.0. The van der Waals surface area contributed by atoms with E-state index in [-0.39, 0.29) is 47.8 Å². The van der Waals surface area contributed by atoms with E-state index in [1.165, 1.54) is 44.5 Å². The predicted molar refractivity (Wildman–Crippen MR) is 343 cm³/mol. The van der Waals surface area contributed by atoms with Gasteiger partial charge in [0, 0.05) is 72.1 Å². The van der Waals surface area contributed by atoms with E-state index in [0.29, 0.717) is 71.2 Å². The number of nitriles is 4. The molecule has 8 aromatic heterocycles. The lowest BCUT2D eigenvalue weighted by atomic mass is 9.82. The average molecular weight is 1270 g/mol. The lowest BCUT2D eigenvalue weighted by Gasteiger charge is -2.34. The Morgan fingerprint density at radius 3 is 0.750 bits per heavy atom. The smallest absolute Gasteiger partial charge is 0.103 e. The highest BCUT2D eigenvalue weighted by atomic mass is 16.3. The fourth-order valence-corrected chi connectivity index (χ4v) is 17.0. The van der Waals surface area contributed by atoms with Crippen LogP contribution in [0.5, 0.6) is 0 Å². The molecule has 4 aromatic carbocycles. The highest BCUT2D eigenvalue weighted by molar-refractivity contribution is 5.72. The van der Waals surface area contributed by atoms with Crippen molar-refractivity contribution in [2.45, 2.75) is 100 Å². The summed E-state index contributed by atoms with van der Waals surface area (Å²) in [7, 11) is 0. The summed E-state index contributed by atoms with van der Waals surface area (Å²) >= 11 is 0. The van der Waals surface area contributed by atoms with Crippen molar-refractivity contribution in [3.8, 4) is 69.3 Å². The van der Waals surface area contributed by atoms with Gasteiger partial charge >= 0.3 is 0 Å². The van der Waals surface area contributed by atoms with Crippen LogP contribution in [0.4, 0.5) is 0 Å². The molecule has 96 heavy (non-hydrogen) atoms. The first-order chi connectivity index (χ1) is 47.2. The van der Waals surface area contributed by atoms with Gasteiger partial charge in [0.15, 0.2) is 0 Å². The number of benzene rings is 4. The van der Waals surface area contributed by atoms with Crippen molar-refractivity contribution in [1.29, 1.82) is 21.0 Å². The number of aryl methyl sites for hydroxylation is 4. The molecule has 4 N–H and O–H groups in total. The van der Waals surface area contributed by atoms with E-state index in [0.717, 1.165) is 48.5 Å². The normalized spacial score (nSPS) is 24.1. The van der Waals surface area contributed by atoms with E-state index < -0.39 is 24.4 Å². The minimum absolute atomic E-state index is 0.0158. The highest BCUT2D eigenvalue weighted by Crippen LogP contribution is 2.54. The largest absolute Gasteiger partial charge is 0.386 e. The van der Waals surface area contributed by atoms with E-state index in [1.807, 2.05) is 98.6 Å². The fraction of sp³-hybridized carbons (Fsp3) is 0.278. The Labute approximate surface area is 549 Å². The molecule has 0 radical (unpaired) electrons. The monoisotopic (exact) mass is 1270 g/mol. The predicted octanol–water partition coefficient (Wildman–Crippen LogP) is 9.10. The third kappa shape index (κ3) is 8.84. The van der Waals surface area contributed by atoms with Gasteiger partial charge in [-0.1, -0.05) is 97.1 Å². The van der Waals surface area contributed by atoms with Crippen molar-refractivity contribution < 1.29 is 20.4 Å². The van der Waals surface area contributed by atoms with Gasteiger partial charge < -0.3 is 38.7 Å². The molecule has 472 valence electrons. The maximum atomic E-state index is 11.0. The maximum absolute atomic E-state index is 11.0. The summed E-state index contributed by atoms with van der Waals surface area (Å²) in [5.74, 6) is -0.0633. The molecule has 12 aromatic rings. The van der Waals surface area contributed by atoms with Gasteiger partial charge in [-0.15, -0.1) is 0 Å². The Hall–Kier alpha value is -11.6. The molecular weight excluding hydrogens is 1210 g/mol. The Kier molecular flexibility index (Phi) is 14.0. The first kappa shape index (κ1) is 58.2. The van der Waals surface area contributed by atoms with Gasteiger partial charge in [-0.2, -0.15) is 41.4 Å². The van der Waals surface area contributed by atoms with Gasteiger partial charge in [-0.3, -0.25) is 18.7 Å². The van der Waals surface area contributed by atoms with Gasteiger partial charge in [-0.05, 0) is 47.9 Å². The first-order valence-electron chi connectivity index (χ1n) is 32.2. The van der Waals surface area contributed by atoms with Crippen molar-refractivity contribution in [1.82, 2.24) is 77.3 Å². The van der Waals surface area contributed by atoms with Crippen LogP contribution in [0, 0.1) is 69.0 Å². The van der Waals surface area contributed by atoms with E-state index in [2.05, 4.69) is 131 Å². The van der Waals surface area contributed by atoms with Crippen molar-refractivity contribution in [3.63, 3.8) is 0 Å². The topological polar surface area (TPSA) is 319 Å². The average Bonchev–Trinajstić information content (AvgIpc) is 1.59. The molecule has 8 aliphatic heterocycles. The molecule has 20 rings (SSSR count). The molecule has 24 heteroatoms. The third-order valence-corrected chi connectivity index (χ3v) is 21.1. The maximum Gasteiger partial charge on any atom is 0.103 e. The molecule has 0 saturated heterocycles. The Bertz CT molecular complexity index is 4560. The first-order valence-corrected chi connectivity index (χ1v) is 32.2. The molecule has 0 spiro atoms. The Morgan fingerprint density at radius 2 is 0.531 bits per heavy atom. The Balaban J connectivity index is 0.0000000968. The summed E-state index contributed by atoms with van der Waals surface area (Å²) in [5.41, 5.74) is 18.3. The van der Waals surface area contributed by atoms with E-state index >= 15 is 0 Å². The third-order valence-electron chi connectivity index (χ3n) is 21.1. The Morgan fingerprint density at radius 1 is 0.312 bits per heavy atom. The van der Waals surface area contributed by atoms with Crippen molar-refractivity contribution in [3.05, 3.63) is 239 Å². The van der Waals surface area contributed by atoms with Gasteiger partial charge in [0.2, 0.25) is 0 Å². The summed E-state index contributed by atoms with van der Waals surface area (Å²) in [6.07, 6.45) is 21.4. The molecule has 0 amide bonds. The SMILES string of the molecule is N#Cc1cnn2c1[C@@H](O)[C@@H]([C@@H]1c3ccccc3-c3cncn31)CC2.N#Cc1cnn2c1[C@@H](O)[C@@H]([C@H]1c3ccccc3-c3cncn31)CC2.N#Cc1cnn2c1[C@H](O)[C@H]([C@@H]1c3ccccc3-c3cncn31)CC2.N#Cc1cnn2c1[C@H](O)[C@H]([C@H]1c3ccccc3-c3cncn31)CC2. The number of nitrogens with zero attached hydrogens (tertiary/aromatic N) is 20. The summed E-state index contributed by atoms with van der Waals surface area (Å²) in [6, 6.07) is 41.8. The summed E-state index contributed by atoms with van der Waals surface area (Å²) < 4.78 is 15.6. The van der Waals surface area contributed by atoms with Crippen LogP contribution in [-0.4, -0.2) is 97.8 Å². The van der Waals surface area contributed by atoms with Crippen molar-refractivity contribution in [2.75, 3.05) is 0 Å². The van der Waals surface area contributed by atoms with Crippen LogP contribution in [0.3, 0.4) is 0 Å². The van der Waals surface area contributed by atoms with Crippen LogP contribution >= 0.6 is 0 Å². The molecule has 0 aliphatic carbocycles. The van der Waals surface area contributed by atoms with Crippen LogP contribution < -0.4 is 0 Å². The van der Waals surface area contributed by atoms with Crippen LogP contribution in [0.25, 0.3) is 45.0 Å². The number of rotatable bonds is 4. The minimum Gasteiger partial charge on any atom is -0.386 e. The molecule has 8 aliphatic rings. The zero-order chi connectivity index (χ0) is 65.0. The molecule has 0 fully saturated rings. The van der Waals surface area contributed by atoms with Gasteiger partial charge in [-0.25, -0.2) is 19.9 Å². The second-order valence-electron chi connectivity index (χ2n) is 25.6. The zero-order valence-corrected chi connectivity index (χ0v) is 51.5. The van der Waals surface area contributed by atoms with Crippen molar-refractivity contribution in [2.24, 2.45) is 23.7 Å². The molecule has 0 saturated carbocycles. The number of aromatic nitrogens is 16. The number of fused-ring (bicyclic) bond motifs is 16. The highest BCUT2D eigenvalue weighted by Gasteiger charge is 2.47. The van der Waals surface area contributed by atoms with E-state index in [1.54, 1.807) is 43.5 Å². The number of aliphatic hydroxyl groups is 4. The standard InChI is InChI=1S/4C18H15N5O/c4*19-7-11-8-21-23-6-5-14(18(24)16(11)23)17-13-4-2-1-3-12(13)15-9-20-10-22(15)17/h4*1-4,8-10,14,17-18,24H,5-6H2/t2*14-,17+,18+;2*14-,17-,18+/m1010/s1. The van der Waals surface area contributed by atoms with Gasteiger partial charge in [0.1, 0.15) is 48.7 Å². The molecule has 24 nitrogen and oxygen atoms in total. The zero-order valence-electron chi connectivity index (χ0n) is 51.5.